The molecule has 1 aliphatic carbocycles. The third-order valence-corrected chi connectivity index (χ3v) is 6.90. The highest BCUT2D eigenvalue weighted by atomic mass is 19.1. The number of nitrogens with zero attached hydrogens (tertiary/aromatic N) is 5. The summed E-state index contributed by atoms with van der Waals surface area (Å²) in [5.74, 6) is 1.96. The van der Waals surface area contributed by atoms with Crippen LogP contribution in [0.25, 0.3) is 5.65 Å². The van der Waals surface area contributed by atoms with Crippen molar-refractivity contribution in [2.24, 2.45) is 5.92 Å². The number of anilines is 1. The molecule has 0 spiro atoms. The van der Waals surface area contributed by atoms with Gasteiger partial charge in [-0.25, -0.2) is 9.37 Å². The van der Waals surface area contributed by atoms with Crippen LogP contribution in [0.15, 0.2) is 24.7 Å². The number of piperidine rings is 1. The quantitative estimate of drug-likeness (QED) is 0.662. The molecule has 1 amide bonds. The zero-order chi connectivity index (χ0) is 21.7. The van der Waals surface area contributed by atoms with E-state index >= 15 is 0 Å². The molecule has 1 saturated carbocycles. The number of carbonyl (C=O) groups excluding carboxylic acids is 1. The highest BCUT2D eigenvalue weighted by Gasteiger charge is 2.35. The molecule has 4 heterocycles. The van der Waals surface area contributed by atoms with Crippen LogP contribution < -0.4 is 10.1 Å². The molecule has 1 N–H and O–H groups in total. The van der Waals surface area contributed by atoms with Crippen LogP contribution in [0.3, 0.4) is 0 Å². The minimum atomic E-state index is -0.245. The molecular formula is C23H25FN6O2. The van der Waals surface area contributed by atoms with E-state index in [-0.39, 0.29) is 11.7 Å². The van der Waals surface area contributed by atoms with Crippen molar-refractivity contribution in [2.75, 3.05) is 25.0 Å². The van der Waals surface area contributed by atoms with Crippen molar-refractivity contribution in [3.63, 3.8) is 0 Å². The first kappa shape index (κ1) is 19.5. The van der Waals surface area contributed by atoms with Gasteiger partial charge < -0.3 is 15.0 Å². The molecule has 9 heteroatoms. The van der Waals surface area contributed by atoms with Gasteiger partial charge in [0.25, 0.3) is 0 Å². The third-order valence-electron chi connectivity index (χ3n) is 6.90. The zero-order valence-corrected chi connectivity index (χ0v) is 17.8. The van der Waals surface area contributed by atoms with Crippen molar-refractivity contribution in [3.05, 3.63) is 47.2 Å². The Morgan fingerprint density at radius 3 is 2.88 bits per heavy atom. The van der Waals surface area contributed by atoms with Crippen LogP contribution in [0.2, 0.25) is 0 Å². The van der Waals surface area contributed by atoms with Crippen molar-refractivity contribution in [1.82, 2.24) is 24.5 Å². The van der Waals surface area contributed by atoms with Crippen LogP contribution in [0, 0.1) is 11.7 Å². The smallest absolute Gasteiger partial charge is 0.225 e. The van der Waals surface area contributed by atoms with Crippen LogP contribution >= 0.6 is 0 Å². The highest BCUT2D eigenvalue weighted by molar-refractivity contribution is 5.81. The lowest BCUT2D eigenvalue weighted by molar-refractivity contribution is -0.133. The molecule has 2 aliphatic heterocycles. The van der Waals surface area contributed by atoms with Crippen LogP contribution in [-0.2, 0) is 17.8 Å². The van der Waals surface area contributed by atoms with Gasteiger partial charge in [-0.1, -0.05) is 0 Å². The fourth-order valence-electron chi connectivity index (χ4n) is 4.93. The van der Waals surface area contributed by atoms with E-state index in [2.05, 4.69) is 20.5 Å². The number of rotatable bonds is 5. The number of likely N-dealkylation sites (tertiary alicyclic amines) is 1. The standard InChI is InChI=1S/C23H25FN6O2/c24-19-3-4-20-16(7-10-32-20)18(19)12-26-23-25-11-17(21-28-27-13-30(21)23)14-5-8-29(9-6-14)22(31)15-1-2-15/h3-4,11,13-15H,1-2,5-10,12H2,(H,25,26). The maximum absolute atomic E-state index is 14.5. The molecule has 0 radical (unpaired) electrons. The number of hydrogen-bond donors (Lipinski definition) is 1. The molecule has 2 fully saturated rings. The van der Waals surface area contributed by atoms with E-state index in [0.717, 1.165) is 61.3 Å². The number of halogens is 1. The number of nitrogens with one attached hydrogen (secondary N) is 1. The zero-order valence-electron chi connectivity index (χ0n) is 17.8. The van der Waals surface area contributed by atoms with Crippen LogP contribution in [0.1, 0.15) is 48.3 Å². The molecule has 2 aromatic heterocycles. The minimum absolute atomic E-state index is 0.245. The van der Waals surface area contributed by atoms with Gasteiger partial charge in [0.15, 0.2) is 5.65 Å². The summed E-state index contributed by atoms with van der Waals surface area (Å²) in [7, 11) is 0. The molecular weight excluding hydrogens is 411 g/mol. The number of amides is 1. The normalized spacial score (nSPS) is 18.6. The highest BCUT2D eigenvalue weighted by Crippen LogP contribution is 2.35. The van der Waals surface area contributed by atoms with Gasteiger partial charge in [0.2, 0.25) is 11.9 Å². The predicted molar refractivity (Wildman–Crippen MR) is 115 cm³/mol. The summed E-state index contributed by atoms with van der Waals surface area (Å²) in [6.07, 6.45) is 8.08. The van der Waals surface area contributed by atoms with Crippen LogP contribution in [0.4, 0.5) is 10.3 Å². The van der Waals surface area contributed by atoms with Gasteiger partial charge in [0.05, 0.1) is 6.61 Å². The van der Waals surface area contributed by atoms with Gasteiger partial charge >= 0.3 is 0 Å². The Balaban J connectivity index is 1.20. The summed E-state index contributed by atoms with van der Waals surface area (Å²) in [6.45, 7) is 2.45. The number of aromatic nitrogens is 4. The minimum Gasteiger partial charge on any atom is -0.493 e. The van der Waals surface area contributed by atoms with Crippen LogP contribution in [0.5, 0.6) is 5.75 Å². The first-order valence-electron chi connectivity index (χ1n) is 11.3. The third kappa shape index (κ3) is 3.36. The van der Waals surface area contributed by atoms with E-state index in [1.807, 2.05) is 15.5 Å². The summed E-state index contributed by atoms with van der Waals surface area (Å²) in [5, 5.41) is 11.7. The Kier molecular flexibility index (Phi) is 4.69. The van der Waals surface area contributed by atoms with E-state index < -0.39 is 0 Å². The molecule has 1 saturated heterocycles. The molecule has 0 atom stereocenters. The largest absolute Gasteiger partial charge is 0.493 e. The van der Waals surface area contributed by atoms with Gasteiger partial charge in [-0.15, -0.1) is 10.2 Å². The molecule has 0 bridgehead atoms. The van der Waals surface area contributed by atoms with Crippen molar-refractivity contribution in [3.8, 4) is 5.75 Å². The van der Waals surface area contributed by atoms with Gasteiger partial charge in [-0.3, -0.25) is 9.20 Å². The molecule has 8 nitrogen and oxygen atoms in total. The molecule has 6 rings (SSSR count). The van der Waals surface area contributed by atoms with E-state index in [0.29, 0.717) is 42.9 Å². The Morgan fingerprint density at radius 2 is 2.06 bits per heavy atom. The first-order chi connectivity index (χ1) is 15.7. The van der Waals surface area contributed by atoms with Gasteiger partial charge in [-0.2, -0.15) is 0 Å². The number of carbonyl (C=O) groups is 1. The summed E-state index contributed by atoms with van der Waals surface area (Å²) in [6, 6.07) is 3.14. The first-order valence-corrected chi connectivity index (χ1v) is 11.3. The second-order valence-corrected chi connectivity index (χ2v) is 8.89. The fourth-order valence-corrected chi connectivity index (χ4v) is 4.93. The number of fused-ring (bicyclic) bond motifs is 2. The predicted octanol–water partition coefficient (Wildman–Crippen LogP) is 2.93. The van der Waals surface area contributed by atoms with Crippen molar-refractivity contribution in [1.29, 1.82) is 0 Å². The molecule has 166 valence electrons. The average molecular weight is 436 g/mol. The second kappa shape index (κ2) is 7.72. The Morgan fingerprint density at radius 1 is 1.22 bits per heavy atom. The second-order valence-electron chi connectivity index (χ2n) is 8.89. The monoisotopic (exact) mass is 436 g/mol. The number of ether oxygens (including phenoxy) is 1. The number of benzene rings is 1. The van der Waals surface area contributed by atoms with Gasteiger partial charge in [0.1, 0.15) is 17.9 Å². The lowest BCUT2D eigenvalue weighted by Gasteiger charge is -2.32. The van der Waals surface area contributed by atoms with Crippen molar-refractivity contribution >= 4 is 17.5 Å². The van der Waals surface area contributed by atoms with E-state index in [1.54, 1.807) is 12.4 Å². The Hall–Kier alpha value is -3.23. The maximum Gasteiger partial charge on any atom is 0.225 e. The average Bonchev–Trinajstić information content (AvgIpc) is 3.35. The summed E-state index contributed by atoms with van der Waals surface area (Å²) in [4.78, 5) is 19.0. The molecule has 1 aromatic carbocycles. The van der Waals surface area contributed by atoms with Crippen LogP contribution in [-0.4, -0.2) is 50.1 Å². The number of hydrogen-bond acceptors (Lipinski definition) is 6. The van der Waals surface area contributed by atoms with Gasteiger partial charge in [-0.05, 0) is 43.7 Å². The lowest BCUT2D eigenvalue weighted by Crippen LogP contribution is -2.38. The summed E-state index contributed by atoms with van der Waals surface area (Å²) < 4.78 is 21.9. The van der Waals surface area contributed by atoms with E-state index in [1.165, 1.54) is 6.07 Å². The SMILES string of the molecule is O=C(C1CC1)N1CCC(c2cnc(NCc3c(F)ccc4c3CCO4)n3cnnc23)CC1. The summed E-state index contributed by atoms with van der Waals surface area (Å²) >= 11 is 0. The molecule has 0 unspecified atom stereocenters. The van der Waals surface area contributed by atoms with E-state index in [9.17, 15) is 9.18 Å². The van der Waals surface area contributed by atoms with E-state index in [4.69, 9.17) is 4.74 Å². The Bertz CT molecular complexity index is 1180. The van der Waals surface area contributed by atoms with Crippen molar-refractivity contribution < 1.29 is 13.9 Å². The maximum atomic E-state index is 14.5. The van der Waals surface area contributed by atoms with Gasteiger partial charge in [0, 0.05) is 54.9 Å². The molecule has 3 aromatic rings. The van der Waals surface area contributed by atoms with Crippen molar-refractivity contribution in [2.45, 2.75) is 44.6 Å². The topological polar surface area (TPSA) is 84.7 Å². The molecule has 3 aliphatic rings. The molecule has 32 heavy (non-hydrogen) atoms. The Labute approximate surface area is 184 Å². The fraction of sp³-hybridized carbons (Fsp3) is 0.478. The summed E-state index contributed by atoms with van der Waals surface area (Å²) in [5.41, 5.74) is 3.34. The lowest BCUT2D eigenvalue weighted by atomic mass is 9.90.